The fourth-order valence-corrected chi connectivity index (χ4v) is 1.98. The van der Waals surface area contributed by atoms with Crippen molar-refractivity contribution in [2.24, 2.45) is 0 Å². The smallest absolute Gasteiger partial charge is 0.330 e. The van der Waals surface area contributed by atoms with E-state index in [-0.39, 0.29) is 0 Å². The molecule has 0 aromatic heterocycles. The molecule has 3 nitrogen and oxygen atoms in total. The number of aliphatic carboxylic acids is 1. The van der Waals surface area contributed by atoms with Crippen LogP contribution in [0.3, 0.4) is 0 Å². The van der Waals surface area contributed by atoms with Gasteiger partial charge in [0.15, 0.2) is 6.04 Å². The minimum absolute atomic E-state index is 0.735. The largest absolute Gasteiger partial charge is 0.479 e. The Labute approximate surface area is 112 Å². The minimum Gasteiger partial charge on any atom is -0.479 e. The molecule has 2 aromatic carbocycles. The van der Waals surface area contributed by atoms with Gasteiger partial charge in [-0.05, 0) is 36.6 Å². The summed E-state index contributed by atoms with van der Waals surface area (Å²) in [7, 11) is 0. The van der Waals surface area contributed by atoms with E-state index in [0.29, 0.717) is 0 Å². The summed E-state index contributed by atoms with van der Waals surface area (Å²) in [6.07, 6.45) is 0. The molecule has 0 aliphatic heterocycles. The van der Waals surface area contributed by atoms with E-state index >= 15 is 0 Å². The SMILES string of the molecule is Cc1ccc(C)c(NC(C(=O)O)c2ccccc2)c1. The molecule has 0 aliphatic carbocycles. The van der Waals surface area contributed by atoms with Crippen LogP contribution in [0.2, 0.25) is 0 Å². The van der Waals surface area contributed by atoms with E-state index < -0.39 is 12.0 Å². The highest BCUT2D eigenvalue weighted by atomic mass is 16.4. The molecular formula is C16H17NO2. The van der Waals surface area contributed by atoms with E-state index in [0.717, 1.165) is 22.4 Å². The number of carbonyl (C=O) groups is 1. The van der Waals surface area contributed by atoms with E-state index in [1.165, 1.54) is 0 Å². The maximum atomic E-state index is 11.4. The summed E-state index contributed by atoms with van der Waals surface area (Å²) in [5.41, 5.74) is 3.74. The first-order valence-electron chi connectivity index (χ1n) is 6.19. The Hall–Kier alpha value is -2.29. The zero-order valence-corrected chi connectivity index (χ0v) is 11.1. The van der Waals surface area contributed by atoms with Crippen molar-refractivity contribution in [2.45, 2.75) is 19.9 Å². The average Bonchev–Trinajstić information content (AvgIpc) is 2.40. The van der Waals surface area contributed by atoms with Gasteiger partial charge in [0.2, 0.25) is 0 Å². The molecule has 0 saturated carbocycles. The fourth-order valence-electron chi connectivity index (χ4n) is 1.98. The van der Waals surface area contributed by atoms with E-state index in [4.69, 9.17) is 0 Å². The Bertz CT molecular complexity index is 579. The first kappa shape index (κ1) is 13.1. The average molecular weight is 255 g/mol. The van der Waals surface area contributed by atoms with Crippen LogP contribution in [0, 0.1) is 13.8 Å². The van der Waals surface area contributed by atoms with Crippen LogP contribution >= 0.6 is 0 Å². The molecule has 0 bridgehead atoms. The van der Waals surface area contributed by atoms with E-state index in [2.05, 4.69) is 5.32 Å². The van der Waals surface area contributed by atoms with Crippen molar-refractivity contribution in [3.05, 3.63) is 65.2 Å². The molecule has 2 N–H and O–H groups in total. The summed E-state index contributed by atoms with van der Waals surface area (Å²) in [6.45, 7) is 3.95. The predicted octanol–water partition coefficient (Wildman–Crippen LogP) is 3.54. The number of nitrogens with one attached hydrogen (secondary N) is 1. The van der Waals surface area contributed by atoms with Gasteiger partial charge >= 0.3 is 5.97 Å². The van der Waals surface area contributed by atoms with Crippen LogP contribution in [0.5, 0.6) is 0 Å². The van der Waals surface area contributed by atoms with Gasteiger partial charge in [-0.3, -0.25) is 0 Å². The summed E-state index contributed by atoms with van der Waals surface area (Å²) >= 11 is 0. The maximum absolute atomic E-state index is 11.4. The molecule has 0 saturated heterocycles. The third kappa shape index (κ3) is 3.13. The van der Waals surface area contributed by atoms with Crippen LogP contribution in [0.1, 0.15) is 22.7 Å². The molecule has 1 atom stereocenters. The van der Waals surface area contributed by atoms with Gasteiger partial charge in [0.05, 0.1) is 0 Å². The molecule has 0 fully saturated rings. The molecule has 0 aliphatic rings. The third-order valence-corrected chi connectivity index (χ3v) is 3.07. The highest BCUT2D eigenvalue weighted by Crippen LogP contribution is 2.23. The zero-order valence-electron chi connectivity index (χ0n) is 11.1. The third-order valence-electron chi connectivity index (χ3n) is 3.07. The highest BCUT2D eigenvalue weighted by Gasteiger charge is 2.19. The Balaban J connectivity index is 2.32. The van der Waals surface area contributed by atoms with Crippen molar-refractivity contribution in [3.8, 4) is 0 Å². The lowest BCUT2D eigenvalue weighted by molar-refractivity contribution is -0.138. The Morgan fingerprint density at radius 2 is 1.79 bits per heavy atom. The van der Waals surface area contributed by atoms with Crippen molar-refractivity contribution >= 4 is 11.7 Å². The van der Waals surface area contributed by atoms with Crippen LogP contribution in [0.25, 0.3) is 0 Å². The molecule has 19 heavy (non-hydrogen) atoms. The van der Waals surface area contributed by atoms with E-state index in [9.17, 15) is 9.90 Å². The van der Waals surface area contributed by atoms with Crippen molar-refractivity contribution in [2.75, 3.05) is 5.32 Å². The van der Waals surface area contributed by atoms with Crippen LogP contribution in [0.15, 0.2) is 48.5 Å². The first-order valence-corrected chi connectivity index (χ1v) is 6.19. The Kier molecular flexibility index (Phi) is 3.85. The molecule has 1 unspecified atom stereocenters. The van der Waals surface area contributed by atoms with Gasteiger partial charge in [-0.1, -0.05) is 42.5 Å². The number of hydrogen-bond donors (Lipinski definition) is 2. The molecule has 0 heterocycles. The second kappa shape index (κ2) is 5.57. The van der Waals surface area contributed by atoms with Gasteiger partial charge in [0, 0.05) is 5.69 Å². The van der Waals surface area contributed by atoms with Crippen molar-refractivity contribution < 1.29 is 9.90 Å². The van der Waals surface area contributed by atoms with Gasteiger partial charge in [-0.25, -0.2) is 4.79 Å². The summed E-state index contributed by atoms with van der Waals surface area (Å²) in [5, 5.41) is 12.5. The van der Waals surface area contributed by atoms with E-state index in [1.807, 2.05) is 62.4 Å². The van der Waals surface area contributed by atoms with Crippen LogP contribution in [-0.2, 0) is 4.79 Å². The molecule has 0 radical (unpaired) electrons. The van der Waals surface area contributed by atoms with Gasteiger partial charge in [0.25, 0.3) is 0 Å². The topological polar surface area (TPSA) is 49.3 Å². The quantitative estimate of drug-likeness (QED) is 0.878. The lowest BCUT2D eigenvalue weighted by Crippen LogP contribution is -2.20. The van der Waals surface area contributed by atoms with Gasteiger partial charge in [0.1, 0.15) is 0 Å². The van der Waals surface area contributed by atoms with Crippen molar-refractivity contribution in [3.63, 3.8) is 0 Å². The number of rotatable bonds is 4. The molecule has 2 aromatic rings. The first-order chi connectivity index (χ1) is 9.08. The summed E-state index contributed by atoms with van der Waals surface area (Å²) in [5.74, 6) is -0.882. The second-order valence-corrected chi connectivity index (χ2v) is 4.64. The lowest BCUT2D eigenvalue weighted by Gasteiger charge is -2.18. The second-order valence-electron chi connectivity index (χ2n) is 4.64. The monoisotopic (exact) mass is 255 g/mol. The van der Waals surface area contributed by atoms with Crippen LogP contribution in [-0.4, -0.2) is 11.1 Å². The number of carboxylic acids is 1. The van der Waals surface area contributed by atoms with Crippen molar-refractivity contribution in [1.29, 1.82) is 0 Å². The molecule has 98 valence electrons. The summed E-state index contributed by atoms with van der Waals surface area (Å²) in [6, 6.07) is 14.4. The molecule has 3 heteroatoms. The van der Waals surface area contributed by atoms with Crippen molar-refractivity contribution in [1.82, 2.24) is 0 Å². The zero-order chi connectivity index (χ0) is 13.8. The van der Waals surface area contributed by atoms with Crippen LogP contribution in [0.4, 0.5) is 5.69 Å². The van der Waals surface area contributed by atoms with E-state index in [1.54, 1.807) is 0 Å². The normalized spacial score (nSPS) is 11.9. The molecule has 0 spiro atoms. The summed E-state index contributed by atoms with van der Waals surface area (Å²) < 4.78 is 0. The fraction of sp³-hybridized carbons (Fsp3) is 0.188. The van der Waals surface area contributed by atoms with Gasteiger partial charge < -0.3 is 10.4 Å². The van der Waals surface area contributed by atoms with Crippen LogP contribution < -0.4 is 5.32 Å². The number of carboxylic acid groups (broad SMARTS) is 1. The number of benzene rings is 2. The number of anilines is 1. The Morgan fingerprint density at radius 3 is 2.42 bits per heavy atom. The van der Waals surface area contributed by atoms with Gasteiger partial charge in [-0.2, -0.15) is 0 Å². The lowest BCUT2D eigenvalue weighted by atomic mass is 10.1. The summed E-state index contributed by atoms with van der Waals surface area (Å²) in [4.78, 5) is 11.4. The van der Waals surface area contributed by atoms with Gasteiger partial charge in [-0.15, -0.1) is 0 Å². The highest BCUT2D eigenvalue weighted by molar-refractivity contribution is 5.79. The molecule has 0 amide bonds. The number of aryl methyl sites for hydroxylation is 2. The minimum atomic E-state index is -0.882. The molecule has 2 rings (SSSR count). The molecular weight excluding hydrogens is 238 g/mol. The maximum Gasteiger partial charge on any atom is 0.330 e. The Morgan fingerprint density at radius 1 is 1.11 bits per heavy atom. The standard InChI is InChI=1S/C16H17NO2/c1-11-8-9-12(2)14(10-11)17-15(16(18)19)13-6-4-3-5-7-13/h3-10,15,17H,1-2H3,(H,18,19). The predicted molar refractivity (Wildman–Crippen MR) is 76.4 cm³/mol. The number of hydrogen-bond acceptors (Lipinski definition) is 2.